The average molecular weight is 164 g/mol. The summed E-state index contributed by atoms with van der Waals surface area (Å²) in [6.07, 6.45) is 1.67. The Bertz CT molecular complexity index is 292. The molecule has 4 nitrogen and oxygen atoms in total. The Labute approximate surface area is 68.8 Å². The van der Waals surface area contributed by atoms with Crippen LogP contribution in [-0.2, 0) is 4.79 Å². The number of hydroxylamine groups is 1. The van der Waals surface area contributed by atoms with Crippen LogP contribution in [0.4, 0.5) is 0 Å². The predicted molar refractivity (Wildman–Crippen MR) is 40.5 cm³/mol. The van der Waals surface area contributed by atoms with Crippen LogP contribution in [0.5, 0.6) is 0 Å². The van der Waals surface area contributed by atoms with Gasteiger partial charge in [0, 0.05) is 11.1 Å². The third kappa shape index (κ3) is 1.67. The van der Waals surface area contributed by atoms with Crippen molar-refractivity contribution in [2.45, 2.75) is 0 Å². The summed E-state index contributed by atoms with van der Waals surface area (Å²) in [7, 11) is 0. The highest BCUT2D eigenvalue weighted by atomic mass is 16.5. The zero-order valence-electron chi connectivity index (χ0n) is 6.07. The summed E-state index contributed by atoms with van der Waals surface area (Å²) in [6, 6.07) is 5.73. The second kappa shape index (κ2) is 3.64. The lowest BCUT2D eigenvalue weighted by Gasteiger charge is -1.96. The Kier molecular flexibility index (Phi) is 2.55. The van der Waals surface area contributed by atoms with Gasteiger partial charge in [-0.15, -0.1) is 0 Å². The van der Waals surface area contributed by atoms with Crippen LogP contribution >= 0.6 is 0 Å². The normalized spacial score (nSPS) is 9.08. The van der Waals surface area contributed by atoms with Gasteiger partial charge in [0.25, 0.3) is 5.91 Å². The quantitative estimate of drug-likeness (QED) is 0.486. The number of rotatable bonds is 2. The molecule has 1 radical (unpaired) electrons. The summed E-state index contributed by atoms with van der Waals surface area (Å²) in [5.74, 6) is -0.604. The Morgan fingerprint density at radius 1 is 1.33 bits per heavy atom. The van der Waals surface area contributed by atoms with E-state index in [4.69, 9.17) is 5.21 Å². The summed E-state index contributed by atoms with van der Waals surface area (Å²) in [5.41, 5.74) is 2.13. The highest BCUT2D eigenvalue weighted by Crippen LogP contribution is 2.01. The molecule has 0 fully saturated rings. The number of carbonyl (C=O) groups excluding carboxylic acids is 2. The van der Waals surface area contributed by atoms with Crippen molar-refractivity contribution in [3.05, 3.63) is 35.4 Å². The molecule has 61 valence electrons. The Balaban J connectivity index is 2.91. The van der Waals surface area contributed by atoms with Gasteiger partial charge < -0.3 is 0 Å². The molecule has 2 N–H and O–H groups in total. The van der Waals surface area contributed by atoms with E-state index in [1.807, 2.05) is 0 Å². The fraction of sp³-hybridized carbons (Fsp3) is 0. The van der Waals surface area contributed by atoms with Crippen LogP contribution in [0.15, 0.2) is 24.3 Å². The zero-order chi connectivity index (χ0) is 8.97. The largest absolute Gasteiger partial charge is 0.288 e. The van der Waals surface area contributed by atoms with Crippen molar-refractivity contribution in [3.8, 4) is 0 Å². The molecular formula is C8H6NO3. The fourth-order valence-electron chi connectivity index (χ4n) is 0.754. The first-order chi connectivity index (χ1) is 5.77. The van der Waals surface area contributed by atoms with Crippen molar-refractivity contribution in [3.63, 3.8) is 0 Å². The first kappa shape index (κ1) is 8.42. The second-order valence-corrected chi connectivity index (χ2v) is 2.12. The van der Waals surface area contributed by atoms with E-state index in [-0.39, 0.29) is 5.56 Å². The molecule has 12 heavy (non-hydrogen) atoms. The van der Waals surface area contributed by atoms with E-state index < -0.39 is 5.91 Å². The number of hydrogen-bond donors (Lipinski definition) is 2. The highest BCUT2D eigenvalue weighted by molar-refractivity contribution is 5.93. The van der Waals surface area contributed by atoms with Crippen molar-refractivity contribution in [2.24, 2.45) is 0 Å². The molecule has 0 spiro atoms. The minimum atomic E-state index is -0.604. The Morgan fingerprint density at radius 3 is 2.33 bits per heavy atom. The average Bonchev–Trinajstić information content (AvgIpc) is 2.17. The van der Waals surface area contributed by atoms with Crippen LogP contribution in [0.1, 0.15) is 15.9 Å². The standard InChI is InChI=1S/C8H6NO3/c10-5-6-1-3-7(4-2-6)8(11)9-12/h1-4,12H,(H,9,11). The number of hydrogen-bond acceptors (Lipinski definition) is 3. The molecule has 1 aromatic carbocycles. The number of carbonyl (C=O) groups is 1. The summed E-state index contributed by atoms with van der Waals surface area (Å²) >= 11 is 0. The minimum Gasteiger partial charge on any atom is -0.288 e. The predicted octanol–water partition coefficient (Wildman–Crippen LogP) is 0.263. The van der Waals surface area contributed by atoms with Crippen molar-refractivity contribution in [2.75, 3.05) is 0 Å². The van der Waals surface area contributed by atoms with E-state index in [1.54, 1.807) is 6.29 Å². The minimum absolute atomic E-state index is 0.288. The molecule has 1 aromatic rings. The van der Waals surface area contributed by atoms with Crippen molar-refractivity contribution >= 4 is 12.2 Å². The lowest BCUT2D eigenvalue weighted by Crippen LogP contribution is -2.18. The third-order valence-corrected chi connectivity index (χ3v) is 1.37. The molecule has 0 saturated carbocycles. The van der Waals surface area contributed by atoms with Gasteiger partial charge in [0.2, 0.25) is 6.29 Å². The molecule has 0 bridgehead atoms. The van der Waals surface area contributed by atoms with Gasteiger partial charge in [-0.05, 0) is 12.1 Å². The number of benzene rings is 1. The monoisotopic (exact) mass is 164 g/mol. The molecule has 0 aliphatic rings. The Hall–Kier alpha value is -1.68. The lowest BCUT2D eigenvalue weighted by atomic mass is 10.1. The highest BCUT2D eigenvalue weighted by Gasteiger charge is 2.02. The maximum absolute atomic E-state index is 10.8. The smallest absolute Gasteiger partial charge is 0.274 e. The summed E-state index contributed by atoms with van der Waals surface area (Å²) in [4.78, 5) is 20.8. The van der Waals surface area contributed by atoms with Gasteiger partial charge >= 0.3 is 0 Å². The molecule has 4 heteroatoms. The molecule has 0 aromatic heterocycles. The second-order valence-electron chi connectivity index (χ2n) is 2.12. The van der Waals surface area contributed by atoms with E-state index in [0.717, 1.165) is 0 Å². The molecule has 1 rings (SSSR count). The molecule has 0 heterocycles. The molecule has 0 aliphatic heterocycles. The van der Waals surface area contributed by atoms with Gasteiger partial charge in [0.05, 0.1) is 0 Å². The van der Waals surface area contributed by atoms with Crippen molar-refractivity contribution in [1.82, 2.24) is 5.48 Å². The first-order valence-corrected chi connectivity index (χ1v) is 3.20. The van der Waals surface area contributed by atoms with Gasteiger partial charge in [-0.1, -0.05) is 12.1 Å². The van der Waals surface area contributed by atoms with Gasteiger partial charge in [0.1, 0.15) is 0 Å². The van der Waals surface area contributed by atoms with Crippen molar-refractivity contribution in [1.29, 1.82) is 0 Å². The number of amides is 1. The Morgan fingerprint density at radius 2 is 1.92 bits per heavy atom. The summed E-state index contributed by atoms with van der Waals surface area (Å²) < 4.78 is 0. The van der Waals surface area contributed by atoms with Crippen LogP contribution in [0.2, 0.25) is 0 Å². The fourth-order valence-corrected chi connectivity index (χ4v) is 0.754. The molecular weight excluding hydrogens is 158 g/mol. The lowest BCUT2D eigenvalue weighted by molar-refractivity contribution is 0.0706. The summed E-state index contributed by atoms with van der Waals surface area (Å²) in [6.45, 7) is 0. The van der Waals surface area contributed by atoms with Gasteiger partial charge in [0.15, 0.2) is 0 Å². The first-order valence-electron chi connectivity index (χ1n) is 3.20. The van der Waals surface area contributed by atoms with Crippen molar-refractivity contribution < 1.29 is 14.8 Å². The maximum Gasteiger partial charge on any atom is 0.274 e. The topological polar surface area (TPSA) is 66.4 Å². The summed E-state index contributed by atoms with van der Waals surface area (Å²) in [5, 5.41) is 8.24. The molecule has 0 saturated heterocycles. The molecule has 0 aliphatic carbocycles. The zero-order valence-corrected chi connectivity index (χ0v) is 6.07. The van der Waals surface area contributed by atoms with Gasteiger partial charge in [-0.25, -0.2) is 5.48 Å². The van der Waals surface area contributed by atoms with E-state index in [1.165, 1.54) is 29.7 Å². The third-order valence-electron chi connectivity index (χ3n) is 1.37. The number of nitrogens with one attached hydrogen (secondary N) is 1. The van der Waals surface area contributed by atoms with E-state index in [2.05, 4.69) is 0 Å². The molecule has 0 atom stereocenters. The van der Waals surface area contributed by atoms with E-state index in [9.17, 15) is 9.59 Å². The van der Waals surface area contributed by atoms with E-state index >= 15 is 0 Å². The van der Waals surface area contributed by atoms with Gasteiger partial charge in [-0.3, -0.25) is 14.8 Å². The molecule has 1 amide bonds. The van der Waals surface area contributed by atoms with Crippen LogP contribution in [0.3, 0.4) is 0 Å². The maximum atomic E-state index is 10.8. The molecule has 0 unspecified atom stereocenters. The van der Waals surface area contributed by atoms with Crippen LogP contribution < -0.4 is 5.48 Å². The van der Waals surface area contributed by atoms with Crippen LogP contribution in [0.25, 0.3) is 0 Å². The van der Waals surface area contributed by atoms with Crippen LogP contribution in [-0.4, -0.2) is 17.4 Å². The van der Waals surface area contributed by atoms with E-state index in [0.29, 0.717) is 5.56 Å². The van der Waals surface area contributed by atoms with Crippen LogP contribution in [0, 0.1) is 0 Å². The van der Waals surface area contributed by atoms with Gasteiger partial charge in [-0.2, -0.15) is 0 Å². The SMILES string of the molecule is O=[C]c1ccc(C(=O)NO)cc1.